The molecule has 0 atom stereocenters. The molecule has 0 aliphatic carbocycles. The molecule has 0 saturated heterocycles. The van der Waals surface area contributed by atoms with Gasteiger partial charge in [0.05, 0.1) is 5.69 Å². The van der Waals surface area contributed by atoms with Gasteiger partial charge in [0.1, 0.15) is 9.49 Å². The van der Waals surface area contributed by atoms with Gasteiger partial charge in [0.2, 0.25) is 0 Å². The number of rotatable bonds is 2. The number of alkyl halides is 2. The first-order valence-corrected chi connectivity index (χ1v) is 5.26. The molecule has 0 heterocycles. The Labute approximate surface area is 92.2 Å². The molecule has 70 valence electrons. The molecular weight excluding hydrogens is 302 g/mol. The summed E-state index contributed by atoms with van der Waals surface area (Å²) in [6.45, 7) is 0. The summed E-state index contributed by atoms with van der Waals surface area (Å²) in [6.07, 6.45) is 0. The molecule has 1 aromatic rings. The molecule has 0 fully saturated rings. The van der Waals surface area contributed by atoms with E-state index in [2.05, 4.69) is 31.9 Å². The molecule has 0 unspecified atom stereocenters. The van der Waals surface area contributed by atoms with Crippen molar-refractivity contribution >= 4 is 43.3 Å². The third-order valence-corrected chi connectivity index (χ3v) is 2.34. The fourth-order valence-corrected chi connectivity index (χ4v) is 1.36. The van der Waals surface area contributed by atoms with Crippen LogP contribution >= 0.6 is 31.9 Å². The van der Waals surface area contributed by atoms with Crippen molar-refractivity contribution < 1.29 is 9.90 Å². The number of nitrogens with two attached hydrogens (primary N) is 1. The van der Waals surface area contributed by atoms with Crippen LogP contribution in [-0.2, 0) is 0 Å². The number of ketones is 1. The summed E-state index contributed by atoms with van der Waals surface area (Å²) in [5.41, 5.74) is 6.08. The Bertz CT molecular complexity index is 339. The zero-order chi connectivity index (χ0) is 10.0. The van der Waals surface area contributed by atoms with Crippen molar-refractivity contribution in [3.8, 4) is 5.75 Å². The van der Waals surface area contributed by atoms with Crippen molar-refractivity contribution in [2.45, 2.75) is 3.74 Å². The van der Waals surface area contributed by atoms with Crippen LogP contribution in [0.3, 0.4) is 0 Å². The van der Waals surface area contributed by atoms with Crippen LogP contribution in [0.1, 0.15) is 10.4 Å². The Morgan fingerprint density at radius 3 is 2.54 bits per heavy atom. The number of Topliss-reactive ketones (excluding diaryl/α,β-unsaturated/α-hetero) is 1. The SMILES string of the molecule is Nc1cc(C(=O)C(Br)Br)ccc1O. The van der Waals surface area contributed by atoms with E-state index in [-0.39, 0.29) is 17.2 Å². The van der Waals surface area contributed by atoms with E-state index in [9.17, 15) is 4.79 Å². The standard InChI is InChI=1S/C8H7Br2NO2/c9-8(10)7(13)4-1-2-6(12)5(11)3-4/h1-3,8,12H,11H2. The van der Waals surface area contributed by atoms with E-state index in [1.54, 1.807) is 0 Å². The van der Waals surface area contributed by atoms with Gasteiger partial charge in [-0.3, -0.25) is 4.79 Å². The number of halogens is 2. The van der Waals surface area contributed by atoms with Crippen molar-refractivity contribution in [1.29, 1.82) is 0 Å². The van der Waals surface area contributed by atoms with Crippen molar-refractivity contribution in [1.82, 2.24) is 0 Å². The molecular formula is C8H7Br2NO2. The molecule has 3 N–H and O–H groups in total. The summed E-state index contributed by atoms with van der Waals surface area (Å²) in [5.74, 6) is -0.149. The molecule has 0 aromatic heterocycles. The first-order valence-electron chi connectivity index (χ1n) is 3.43. The minimum atomic E-state index is -0.427. The normalized spacial score (nSPS) is 10.4. The number of aromatic hydroxyl groups is 1. The smallest absolute Gasteiger partial charge is 0.187 e. The molecule has 5 heteroatoms. The molecule has 1 rings (SSSR count). The van der Waals surface area contributed by atoms with Crippen LogP contribution in [0.4, 0.5) is 5.69 Å². The zero-order valence-corrected chi connectivity index (χ0v) is 9.67. The van der Waals surface area contributed by atoms with Crippen molar-refractivity contribution in [3.05, 3.63) is 23.8 Å². The van der Waals surface area contributed by atoms with E-state index in [4.69, 9.17) is 10.8 Å². The van der Waals surface area contributed by atoms with E-state index in [1.807, 2.05) is 0 Å². The van der Waals surface area contributed by atoms with E-state index >= 15 is 0 Å². The monoisotopic (exact) mass is 307 g/mol. The third-order valence-electron chi connectivity index (χ3n) is 1.51. The Balaban J connectivity index is 3.04. The van der Waals surface area contributed by atoms with Crippen molar-refractivity contribution in [2.24, 2.45) is 0 Å². The first kappa shape index (κ1) is 10.5. The number of carbonyl (C=O) groups excluding carboxylic acids is 1. The molecule has 0 spiro atoms. The number of carbonyl (C=O) groups is 1. The summed E-state index contributed by atoms with van der Waals surface area (Å²) in [6, 6.07) is 4.35. The minimum absolute atomic E-state index is 0.0164. The first-order chi connectivity index (χ1) is 6.02. The number of hydrogen-bond acceptors (Lipinski definition) is 3. The molecule has 3 nitrogen and oxygen atoms in total. The largest absolute Gasteiger partial charge is 0.506 e. The Hall–Kier alpha value is -0.550. The molecule has 0 aliphatic heterocycles. The molecule has 0 saturated carbocycles. The minimum Gasteiger partial charge on any atom is -0.506 e. The fraction of sp³-hybridized carbons (Fsp3) is 0.125. The maximum atomic E-state index is 11.4. The molecule has 0 aliphatic rings. The number of benzene rings is 1. The van der Waals surface area contributed by atoms with Gasteiger partial charge in [-0.1, -0.05) is 31.9 Å². The van der Waals surface area contributed by atoms with Crippen LogP contribution in [0.25, 0.3) is 0 Å². The highest BCUT2D eigenvalue weighted by Gasteiger charge is 2.14. The van der Waals surface area contributed by atoms with Crippen LogP contribution in [0.15, 0.2) is 18.2 Å². The number of phenolic OH excluding ortho intramolecular Hbond substituents is 1. The van der Waals surface area contributed by atoms with Gasteiger partial charge in [-0.15, -0.1) is 0 Å². The highest BCUT2D eigenvalue weighted by atomic mass is 79.9. The molecule has 0 amide bonds. The quantitative estimate of drug-likeness (QED) is 0.381. The lowest BCUT2D eigenvalue weighted by atomic mass is 10.1. The van der Waals surface area contributed by atoms with Gasteiger partial charge in [0.15, 0.2) is 5.78 Å². The number of phenols is 1. The maximum Gasteiger partial charge on any atom is 0.187 e. The van der Waals surface area contributed by atoms with Crippen LogP contribution in [0.2, 0.25) is 0 Å². The van der Waals surface area contributed by atoms with Gasteiger partial charge in [-0.2, -0.15) is 0 Å². The van der Waals surface area contributed by atoms with E-state index in [0.29, 0.717) is 5.56 Å². The zero-order valence-electron chi connectivity index (χ0n) is 6.50. The van der Waals surface area contributed by atoms with Crippen LogP contribution in [0, 0.1) is 0 Å². The van der Waals surface area contributed by atoms with Gasteiger partial charge in [-0.05, 0) is 18.2 Å². The lowest BCUT2D eigenvalue weighted by Gasteiger charge is -2.03. The number of nitrogen functional groups attached to an aromatic ring is 1. The summed E-state index contributed by atoms with van der Waals surface area (Å²) < 4.78 is -0.427. The molecule has 0 radical (unpaired) electrons. The van der Waals surface area contributed by atoms with Gasteiger partial charge >= 0.3 is 0 Å². The van der Waals surface area contributed by atoms with Gasteiger partial charge < -0.3 is 10.8 Å². The molecule has 13 heavy (non-hydrogen) atoms. The average Bonchev–Trinajstić information content (AvgIpc) is 2.08. The summed E-state index contributed by atoms with van der Waals surface area (Å²) in [4.78, 5) is 11.4. The predicted molar refractivity (Wildman–Crippen MR) is 58.5 cm³/mol. The van der Waals surface area contributed by atoms with E-state index in [1.165, 1.54) is 18.2 Å². The van der Waals surface area contributed by atoms with Gasteiger partial charge in [-0.25, -0.2) is 0 Å². The third kappa shape index (κ3) is 2.45. The number of anilines is 1. The van der Waals surface area contributed by atoms with Crippen LogP contribution in [0.5, 0.6) is 5.75 Å². The molecule has 1 aromatic carbocycles. The van der Waals surface area contributed by atoms with Crippen molar-refractivity contribution in [3.63, 3.8) is 0 Å². The van der Waals surface area contributed by atoms with Crippen LogP contribution in [-0.4, -0.2) is 14.6 Å². The second-order valence-corrected chi connectivity index (χ2v) is 5.50. The fourth-order valence-electron chi connectivity index (χ4n) is 0.834. The topological polar surface area (TPSA) is 63.3 Å². The van der Waals surface area contributed by atoms with Gasteiger partial charge in [0.25, 0.3) is 0 Å². The van der Waals surface area contributed by atoms with Gasteiger partial charge in [0, 0.05) is 5.56 Å². The molecule has 0 bridgehead atoms. The van der Waals surface area contributed by atoms with E-state index in [0.717, 1.165) is 0 Å². The van der Waals surface area contributed by atoms with E-state index < -0.39 is 3.74 Å². The summed E-state index contributed by atoms with van der Waals surface area (Å²) >= 11 is 6.17. The maximum absolute atomic E-state index is 11.4. The second kappa shape index (κ2) is 4.11. The average molecular weight is 309 g/mol. The highest BCUT2D eigenvalue weighted by molar-refractivity contribution is 9.25. The Kier molecular flexibility index (Phi) is 3.33. The lowest BCUT2D eigenvalue weighted by molar-refractivity contribution is 0.101. The summed E-state index contributed by atoms with van der Waals surface area (Å²) in [5, 5.41) is 9.10. The second-order valence-electron chi connectivity index (χ2n) is 2.44. The highest BCUT2D eigenvalue weighted by Crippen LogP contribution is 2.23. The Morgan fingerprint density at radius 1 is 1.46 bits per heavy atom. The van der Waals surface area contributed by atoms with Crippen LogP contribution < -0.4 is 5.73 Å². The predicted octanol–water partition coefficient (Wildman–Crippen LogP) is 2.27. The Morgan fingerprint density at radius 2 is 2.08 bits per heavy atom. The van der Waals surface area contributed by atoms with Crippen molar-refractivity contribution in [2.75, 3.05) is 5.73 Å². The summed E-state index contributed by atoms with van der Waals surface area (Å²) in [7, 11) is 0. The lowest BCUT2D eigenvalue weighted by Crippen LogP contribution is -2.07. The number of hydrogen-bond donors (Lipinski definition) is 2.